The Morgan fingerprint density at radius 1 is 1.22 bits per heavy atom. The number of halogens is 2. The Morgan fingerprint density at radius 3 is 2.39 bits per heavy atom. The van der Waals surface area contributed by atoms with Crippen molar-refractivity contribution in [3.05, 3.63) is 29.3 Å². The molecule has 1 aliphatic heterocycles. The van der Waals surface area contributed by atoms with Gasteiger partial charge in [-0.3, -0.25) is 0 Å². The number of rotatable bonds is 2. The highest BCUT2D eigenvalue weighted by molar-refractivity contribution is 5.52. The van der Waals surface area contributed by atoms with Crippen LogP contribution in [0.15, 0.2) is 12.1 Å². The lowest BCUT2D eigenvalue weighted by Gasteiger charge is -2.23. The number of anilines is 1. The van der Waals surface area contributed by atoms with E-state index in [4.69, 9.17) is 0 Å². The van der Waals surface area contributed by atoms with Gasteiger partial charge in [-0.2, -0.15) is 0 Å². The Hall–Kier alpha value is -1.12. The lowest BCUT2D eigenvalue weighted by Crippen LogP contribution is -2.24. The molecule has 1 aromatic carbocycles. The van der Waals surface area contributed by atoms with E-state index in [1.165, 1.54) is 6.07 Å². The molecule has 3 heteroatoms. The molecule has 0 saturated carbocycles. The van der Waals surface area contributed by atoms with Crippen molar-refractivity contribution in [2.24, 2.45) is 5.41 Å². The number of hydrogen-bond acceptors (Lipinski definition) is 1. The normalized spacial score (nSPS) is 18.7. The van der Waals surface area contributed by atoms with Crippen LogP contribution in [0.4, 0.5) is 14.5 Å². The van der Waals surface area contributed by atoms with Crippen LogP contribution >= 0.6 is 0 Å². The maximum Gasteiger partial charge on any atom is 0.182 e. The van der Waals surface area contributed by atoms with E-state index in [1.54, 1.807) is 6.07 Å². The summed E-state index contributed by atoms with van der Waals surface area (Å²) in [6.07, 6.45) is 1.01. The lowest BCUT2D eigenvalue weighted by molar-refractivity contribution is 0.417. The van der Waals surface area contributed by atoms with E-state index in [1.807, 2.05) is 18.7 Å². The van der Waals surface area contributed by atoms with Crippen LogP contribution in [0.2, 0.25) is 0 Å². The zero-order valence-corrected chi connectivity index (χ0v) is 11.6. The predicted molar refractivity (Wildman–Crippen MR) is 71.1 cm³/mol. The SMILES string of the molecule is CC(C)c1cc(F)c(F)c(N2CCC(C)(C)C2)c1. The molecule has 0 aliphatic carbocycles. The summed E-state index contributed by atoms with van der Waals surface area (Å²) in [6.45, 7) is 9.88. The molecule has 1 aromatic rings. The first kappa shape index (κ1) is 13.3. The molecule has 1 aliphatic rings. The van der Waals surface area contributed by atoms with Gasteiger partial charge in [-0.15, -0.1) is 0 Å². The topological polar surface area (TPSA) is 3.24 Å². The third-order valence-corrected chi connectivity index (χ3v) is 3.72. The summed E-state index contributed by atoms with van der Waals surface area (Å²) in [7, 11) is 0. The van der Waals surface area contributed by atoms with Crippen molar-refractivity contribution >= 4 is 5.69 Å². The van der Waals surface area contributed by atoms with Gasteiger partial charge in [-0.1, -0.05) is 27.7 Å². The van der Waals surface area contributed by atoms with Crippen molar-refractivity contribution < 1.29 is 8.78 Å². The van der Waals surface area contributed by atoms with Gasteiger partial charge in [0, 0.05) is 13.1 Å². The molecule has 0 bridgehead atoms. The molecule has 0 aromatic heterocycles. The third-order valence-electron chi connectivity index (χ3n) is 3.72. The van der Waals surface area contributed by atoms with Crippen LogP contribution in [0.25, 0.3) is 0 Å². The first-order valence-electron chi connectivity index (χ1n) is 6.54. The molecular weight excluding hydrogens is 232 g/mol. The summed E-state index contributed by atoms with van der Waals surface area (Å²) >= 11 is 0. The van der Waals surface area contributed by atoms with Gasteiger partial charge in [0.15, 0.2) is 11.6 Å². The summed E-state index contributed by atoms with van der Waals surface area (Å²) in [4.78, 5) is 1.96. The highest BCUT2D eigenvalue weighted by atomic mass is 19.2. The van der Waals surface area contributed by atoms with Crippen molar-refractivity contribution in [3.8, 4) is 0 Å². The fourth-order valence-corrected chi connectivity index (χ4v) is 2.48. The number of nitrogens with zero attached hydrogens (tertiary/aromatic N) is 1. The van der Waals surface area contributed by atoms with Crippen molar-refractivity contribution in [2.45, 2.75) is 40.0 Å². The molecule has 1 saturated heterocycles. The van der Waals surface area contributed by atoms with Crippen molar-refractivity contribution in [1.82, 2.24) is 0 Å². The van der Waals surface area contributed by atoms with Crippen molar-refractivity contribution in [2.75, 3.05) is 18.0 Å². The lowest BCUT2D eigenvalue weighted by atomic mass is 9.93. The van der Waals surface area contributed by atoms with E-state index in [0.29, 0.717) is 5.69 Å². The summed E-state index contributed by atoms with van der Waals surface area (Å²) < 4.78 is 27.6. The second-order valence-electron chi connectivity index (χ2n) is 6.33. The first-order chi connectivity index (χ1) is 8.30. The molecule has 1 heterocycles. The zero-order valence-electron chi connectivity index (χ0n) is 11.6. The molecule has 1 fully saturated rings. The van der Waals surface area contributed by atoms with E-state index in [9.17, 15) is 8.78 Å². The van der Waals surface area contributed by atoms with Gasteiger partial charge in [0.25, 0.3) is 0 Å². The van der Waals surface area contributed by atoms with Crippen LogP contribution in [-0.4, -0.2) is 13.1 Å². The highest BCUT2D eigenvalue weighted by Crippen LogP contribution is 2.35. The fraction of sp³-hybridized carbons (Fsp3) is 0.600. The zero-order chi connectivity index (χ0) is 13.5. The standard InChI is InChI=1S/C15H21F2N/c1-10(2)11-7-12(16)14(17)13(8-11)18-6-5-15(3,4)9-18/h7-8,10H,5-6,9H2,1-4H3. The molecule has 0 amide bonds. The Morgan fingerprint density at radius 2 is 1.89 bits per heavy atom. The Labute approximate surface area is 108 Å². The van der Waals surface area contributed by atoms with Crippen LogP contribution in [0.3, 0.4) is 0 Å². The summed E-state index contributed by atoms with van der Waals surface area (Å²) in [6, 6.07) is 3.11. The minimum Gasteiger partial charge on any atom is -0.369 e. The van der Waals surface area contributed by atoms with Crippen LogP contribution < -0.4 is 4.90 Å². The molecular formula is C15H21F2N. The predicted octanol–water partition coefficient (Wildman–Crippen LogP) is 4.32. The maximum absolute atomic E-state index is 13.9. The number of hydrogen-bond donors (Lipinski definition) is 0. The van der Waals surface area contributed by atoms with Crippen molar-refractivity contribution in [1.29, 1.82) is 0 Å². The Kier molecular flexibility index (Phi) is 3.35. The molecule has 0 atom stereocenters. The molecule has 100 valence electrons. The van der Waals surface area contributed by atoms with E-state index in [2.05, 4.69) is 13.8 Å². The molecule has 18 heavy (non-hydrogen) atoms. The van der Waals surface area contributed by atoms with Gasteiger partial charge in [-0.25, -0.2) is 8.78 Å². The summed E-state index contributed by atoms with van der Waals surface area (Å²) in [5.74, 6) is -1.24. The average Bonchev–Trinajstić information content (AvgIpc) is 2.62. The molecule has 2 rings (SSSR count). The van der Waals surface area contributed by atoms with Crippen LogP contribution in [0, 0.1) is 17.0 Å². The van der Waals surface area contributed by atoms with Gasteiger partial charge < -0.3 is 4.90 Å². The van der Waals surface area contributed by atoms with Crippen LogP contribution in [0.5, 0.6) is 0 Å². The maximum atomic E-state index is 13.9. The van der Waals surface area contributed by atoms with Crippen LogP contribution in [-0.2, 0) is 0 Å². The Balaban J connectivity index is 2.38. The molecule has 0 unspecified atom stereocenters. The molecule has 0 spiro atoms. The van der Waals surface area contributed by atoms with Gasteiger partial charge in [0.2, 0.25) is 0 Å². The average molecular weight is 253 g/mol. The molecule has 1 nitrogen and oxygen atoms in total. The van der Waals surface area contributed by atoms with E-state index in [0.717, 1.165) is 25.1 Å². The minimum atomic E-state index is -0.735. The number of benzene rings is 1. The summed E-state index contributed by atoms with van der Waals surface area (Å²) in [5, 5.41) is 0. The third kappa shape index (κ3) is 2.50. The van der Waals surface area contributed by atoms with E-state index in [-0.39, 0.29) is 11.3 Å². The van der Waals surface area contributed by atoms with Gasteiger partial charge >= 0.3 is 0 Å². The summed E-state index contributed by atoms with van der Waals surface area (Å²) in [5.41, 5.74) is 1.45. The second kappa shape index (κ2) is 4.52. The van der Waals surface area contributed by atoms with Crippen LogP contribution in [0.1, 0.15) is 45.6 Å². The first-order valence-corrected chi connectivity index (χ1v) is 6.54. The van der Waals surface area contributed by atoms with E-state index < -0.39 is 11.6 Å². The molecule has 0 radical (unpaired) electrons. The smallest absolute Gasteiger partial charge is 0.182 e. The quantitative estimate of drug-likeness (QED) is 0.758. The van der Waals surface area contributed by atoms with Crippen molar-refractivity contribution in [3.63, 3.8) is 0 Å². The fourth-order valence-electron chi connectivity index (χ4n) is 2.48. The highest BCUT2D eigenvalue weighted by Gasteiger charge is 2.31. The van der Waals surface area contributed by atoms with Gasteiger partial charge in [-0.05, 0) is 35.4 Å². The van der Waals surface area contributed by atoms with E-state index >= 15 is 0 Å². The van der Waals surface area contributed by atoms with Gasteiger partial charge in [0.05, 0.1) is 5.69 Å². The minimum absolute atomic E-state index is 0.177. The molecule has 0 N–H and O–H groups in total. The monoisotopic (exact) mass is 253 g/mol. The Bertz CT molecular complexity index is 452. The second-order valence-corrected chi connectivity index (χ2v) is 6.33. The van der Waals surface area contributed by atoms with Gasteiger partial charge in [0.1, 0.15) is 0 Å². The largest absolute Gasteiger partial charge is 0.369 e.